The average Bonchev–Trinajstić information content (AvgIpc) is 3.53. The number of fused-ring (bicyclic) bond motifs is 10. The van der Waals surface area contributed by atoms with E-state index >= 15 is 0 Å². The van der Waals surface area contributed by atoms with Crippen LogP contribution in [0.5, 0.6) is 0 Å². The first kappa shape index (κ1) is 21.7. The van der Waals surface area contributed by atoms with Crippen LogP contribution in [-0.4, -0.2) is 13.6 Å². The lowest BCUT2D eigenvalue weighted by molar-refractivity contribution is 1.02. The summed E-state index contributed by atoms with van der Waals surface area (Å²) >= 11 is 0. The van der Waals surface area contributed by atoms with E-state index in [1.807, 2.05) is 0 Å². The van der Waals surface area contributed by atoms with Gasteiger partial charge in [-0.25, -0.2) is 0 Å². The monoisotopic (exact) mass is 519 g/mol. The van der Waals surface area contributed by atoms with Crippen molar-refractivity contribution in [1.29, 1.82) is 0 Å². The van der Waals surface area contributed by atoms with Crippen molar-refractivity contribution < 1.29 is 0 Å². The van der Waals surface area contributed by atoms with E-state index in [4.69, 9.17) is 0 Å². The van der Waals surface area contributed by atoms with Crippen LogP contribution in [0.2, 0.25) is 0 Å². The molecule has 7 aromatic carbocycles. The molecule has 0 N–H and O–H groups in total. The molecule has 190 valence electrons. The highest BCUT2D eigenvalue weighted by atomic mass is 15.1. The van der Waals surface area contributed by atoms with E-state index in [1.165, 1.54) is 99.2 Å². The Bertz CT molecular complexity index is 2350. The molecule has 0 fully saturated rings. The van der Waals surface area contributed by atoms with Crippen LogP contribution >= 0.6 is 0 Å². The van der Waals surface area contributed by atoms with Crippen molar-refractivity contribution in [3.8, 4) is 44.5 Å². The van der Waals surface area contributed by atoms with Crippen LogP contribution in [0.1, 0.15) is 11.1 Å². The minimum absolute atomic E-state index is 0.925. The Morgan fingerprint density at radius 1 is 0.463 bits per heavy atom. The lowest BCUT2D eigenvalue weighted by Gasteiger charge is -2.27. The number of rotatable bonds is 1. The zero-order valence-electron chi connectivity index (χ0n) is 22.7. The molecule has 41 heavy (non-hydrogen) atoms. The lowest BCUT2D eigenvalue weighted by Crippen LogP contribution is -2.21. The number of benzene rings is 7. The maximum atomic E-state index is 2.47. The molecule has 0 aromatic heterocycles. The lowest BCUT2D eigenvalue weighted by atomic mass is 9.87. The zero-order valence-corrected chi connectivity index (χ0v) is 22.7. The predicted molar refractivity (Wildman–Crippen MR) is 175 cm³/mol. The molecule has 3 aliphatic rings. The SMILES string of the molecule is CN1CC=C2c3ccccc3-c3cc(-c4cc5c6cccc7c6c(cc5c5ccccc45)-c4ccccc4-7)cc1c32. The molecule has 0 saturated carbocycles. The molecule has 10 rings (SSSR count). The summed E-state index contributed by atoms with van der Waals surface area (Å²) in [6.45, 7) is 0.925. The van der Waals surface area contributed by atoms with Crippen molar-refractivity contribution in [1.82, 2.24) is 0 Å². The van der Waals surface area contributed by atoms with Gasteiger partial charge < -0.3 is 4.90 Å². The first-order valence-electron chi connectivity index (χ1n) is 14.5. The third-order valence-electron chi connectivity index (χ3n) is 9.69. The normalized spacial score (nSPS) is 14.0. The van der Waals surface area contributed by atoms with E-state index in [0.717, 1.165) is 6.54 Å². The smallest absolute Gasteiger partial charge is 0.0458 e. The van der Waals surface area contributed by atoms with Crippen molar-refractivity contribution >= 4 is 43.6 Å². The van der Waals surface area contributed by atoms with Gasteiger partial charge >= 0.3 is 0 Å². The number of hydrogen-bond donors (Lipinski definition) is 0. The topological polar surface area (TPSA) is 3.24 Å². The second-order valence-electron chi connectivity index (χ2n) is 11.7. The fourth-order valence-electron chi connectivity index (χ4n) is 7.89. The van der Waals surface area contributed by atoms with Crippen molar-refractivity contribution in [3.63, 3.8) is 0 Å². The van der Waals surface area contributed by atoms with Crippen molar-refractivity contribution in [2.45, 2.75) is 0 Å². The maximum absolute atomic E-state index is 2.47. The highest BCUT2D eigenvalue weighted by Crippen LogP contribution is 2.54. The number of likely N-dealkylation sites (N-methyl/N-ethyl adjacent to an activating group) is 1. The summed E-state index contributed by atoms with van der Waals surface area (Å²) in [5, 5.41) is 8.01. The summed E-state index contributed by atoms with van der Waals surface area (Å²) in [6, 6.07) is 43.4. The summed E-state index contributed by atoms with van der Waals surface area (Å²) in [7, 11) is 2.22. The molecule has 0 bridgehead atoms. The van der Waals surface area contributed by atoms with Crippen molar-refractivity contribution in [3.05, 3.63) is 132 Å². The van der Waals surface area contributed by atoms with Crippen LogP contribution < -0.4 is 4.90 Å². The summed E-state index contributed by atoms with van der Waals surface area (Å²) < 4.78 is 0. The van der Waals surface area contributed by atoms with Crippen LogP contribution in [-0.2, 0) is 0 Å². The Hall–Kier alpha value is -5.14. The highest BCUT2D eigenvalue weighted by Gasteiger charge is 2.31. The molecule has 1 heteroatoms. The van der Waals surface area contributed by atoms with Crippen molar-refractivity contribution in [2.24, 2.45) is 0 Å². The second-order valence-corrected chi connectivity index (χ2v) is 11.7. The Labute approximate surface area is 238 Å². The number of nitrogens with zero attached hydrogens (tertiary/aromatic N) is 1. The van der Waals surface area contributed by atoms with Gasteiger partial charge in [0.2, 0.25) is 0 Å². The Morgan fingerprint density at radius 3 is 1.90 bits per heavy atom. The summed E-state index contributed by atoms with van der Waals surface area (Å²) in [6.07, 6.45) is 2.39. The average molecular weight is 520 g/mol. The quantitative estimate of drug-likeness (QED) is 0.195. The van der Waals surface area contributed by atoms with Crippen LogP contribution in [0.4, 0.5) is 5.69 Å². The molecule has 1 aliphatic heterocycles. The minimum atomic E-state index is 0.925. The molecule has 1 nitrogen and oxygen atoms in total. The fraction of sp³-hybridized carbons (Fsp3) is 0.0500. The van der Waals surface area contributed by atoms with E-state index in [-0.39, 0.29) is 0 Å². The molecule has 0 radical (unpaired) electrons. The summed E-state index contributed by atoms with van der Waals surface area (Å²) in [5.74, 6) is 0. The predicted octanol–water partition coefficient (Wildman–Crippen LogP) is 10.3. The van der Waals surface area contributed by atoms with Gasteiger partial charge in [-0.3, -0.25) is 0 Å². The highest BCUT2D eigenvalue weighted by molar-refractivity contribution is 6.28. The number of hydrogen-bond acceptors (Lipinski definition) is 1. The van der Waals surface area contributed by atoms with Gasteiger partial charge in [0.25, 0.3) is 0 Å². The zero-order chi connectivity index (χ0) is 26.8. The van der Waals surface area contributed by atoms with Crippen LogP contribution in [0.15, 0.2) is 121 Å². The summed E-state index contributed by atoms with van der Waals surface area (Å²) in [5.41, 5.74) is 16.2. The van der Waals surface area contributed by atoms with E-state index in [2.05, 4.69) is 133 Å². The molecule has 0 amide bonds. The Kier molecular flexibility index (Phi) is 3.98. The largest absolute Gasteiger partial charge is 0.370 e. The van der Waals surface area contributed by atoms with Gasteiger partial charge in [-0.05, 0) is 112 Å². The van der Waals surface area contributed by atoms with Gasteiger partial charge in [0, 0.05) is 24.8 Å². The Balaban J connectivity index is 1.33. The van der Waals surface area contributed by atoms with E-state index in [9.17, 15) is 0 Å². The van der Waals surface area contributed by atoms with Gasteiger partial charge in [-0.15, -0.1) is 0 Å². The maximum Gasteiger partial charge on any atom is 0.0458 e. The minimum Gasteiger partial charge on any atom is -0.370 e. The summed E-state index contributed by atoms with van der Waals surface area (Å²) in [4.78, 5) is 2.40. The second kappa shape index (κ2) is 7.53. The Morgan fingerprint density at radius 2 is 1.07 bits per heavy atom. The third-order valence-corrected chi connectivity index (χ3v) is 9.69. The first-order valence-corrected chi connectivity index (χ1v) is 14.5. The molecule has 2 aliphatic carbocycles. The molecule has 0 saturated heterocycles. The fourth-order valence-corrected chi connectivity index (χ4v) is 7.89. The first-order chi connectivity index (χ1) is 20.3. The molecule has 0 unspecified atom stereocenters. The third kappa shape index (κ3) is 2.66. The van der Waals surface area contributed by atoms with Gasteiger partial charge in [-0.2, -0.15) is 0 Å². The molecular weight excluding hydrogens is 494 g/mol. The van der Waals surface area contributed by atoms with Crippen molar-refractivity contribution in [2.75, 3.05) is 18.5 Å². The molecule has 7 aromatic rings. The van der Waals surface area contributed by atoms with Gasteiger partial charge in [0.1, 0.15) is 0 Å². The van der Waals surface area contributed by atoms with Gasteiger partial charge in [-0.1, -0.05) is 97.1 Å². The van der Waals surface area contributed by atoms with Crippen LogP contribution in [0.25, 0.3) is 82.4 Å². The van der Waals surface area contributed by atoms with Gasteiger partial charge in [0.15, 0.2) is 0 Å². The standard InChI is InChI=1S/C40H25N/c1-41-18-17-32-25-10-3-6-13-28(25)36-19-23(20-38(41)40(32)36)33-21-35-31-16-8-15-30-24-9-2-7-14-29(24)37(39(30)31)22-34(35)27-12-5-4-11-26(27)33/h2-17,19-22H,18H2,1H3. The van der Waals surface area contributed by atoms with E-state index < -0.39 is 0 Å². The van der Waals surface area contributed by atoms with E-state index in [1.54, 1.807) is 0 Å². The molecule has 0 atom stereocenters. The van der Waals surface area contributed by atoms with Crippen LogP contribution in [0.3, 0.4) is 0 Å². The molecule has 0 spiro atoms. The molecular formula is C40H25N. The van der Waals surface area contributed by atoms with Gasteiger partial charge in [0.05, 0.1) is 0 Å². The van der Waals surface area contributed by atoms with E-state index in [0.29, 0.717) is 0 Å². The number of anilines is 1. The van der Waals surface area contributed by atoms with Crippen LogP contribution in [0, 0.1) is 0 Å². The molecule has 1 heterocycles.